The fraction of sp³-hybridized carbons (Fsp3) is 0.583. The summed E-state index contributed by atoms with van der Waals surface area (Å²) in [6.45, 7) is 6.35. The number of amides is 1. The fourth-order valence-corrected chi connectivity index (χ4v) is 1.76. The summed E-state index contributed by atoms with van der Waals surface area (Å²) in [4.78, 5) is 14.5. The van der Waals surface area contributed by atoms with Gasteiger partial charge in [-0.2, -0.15) is 0 Å². The SMILES string of the molecule is CC(O)CC(C)(C)CNC(=O)c1ccc[nH]1. The van der Waals surface area contributed by atoms with Gasteiger partial charge in [0.15, 0.2) is 0 Å². The Labute approximate surface area is 96.1 Å². The third-order valence-electron chi connectivity index (χ3n) is 2.42. The summed E-state index contributed by atoms with van der Waals surface area (Å²) in [5.41, 5.74) is 0.462. The van der Waals surface area contributed by atoms with Crippen molar-refractivity contribution >= 4 is 5.91 Å². The molecule has 0 radical (unpaired) electrons. The number of carbonyl (C=O) groups is 1. The number of H-pyrrole nitrogens is 1. The highest BCUT2D eigenvalue weighted by Crippen LogP contribution is 2.21. The highest BCUT2D eigenvalue weighted by molar-refractivity contribution is 5.92. The van der Waals surface area contributed by atoms with Crippen molar-refractivity contribution in [1.29, 1.82) is 0 Å². The summed E-state index contributed by atoms with van der Waals surface area (Å²) in [6.07, 6.45) is 2.03. The maximum Gasteiger partial charge on any atom is 0.267 e. The molecule has 0 fully saturated rings. The van der Waals surface area contributed by atoms with Crippen molar-refractivity contribution < 1.29 is 9.90 Å². The van der Waals surface area contributed by atoms with Crippen molar-refractivity contribution in [1.82, 2.24) is 10.3 Å². The number of carbonyl (C=O) groups excluding carboxylic acids is 1. The molecule has 0 aliphatic rings. The van der Waals surface area contributed by atoms with Crippen LogP contribution in [0.15, 0.2) is 18.3 Å². The van der Waals surface area contributed by atoms with Gasteiger partial charge in [-0.3, -0.25) is 4.79 Å². The molecular weight excluding hydrogens is 204 g/mol. The highest BCUT2D eigenvalue weighted by Gasteiger charge is 2.21. The van der Waals surface area contributed by atoms with Crippen LogP contribution in [0, 0.1) is 5.41 Å². The predicted molar refractivity (Wildman–Crippen MR) is 63.2 cm³/mol. The molecule has 0 spiro atoms. The summed E-state index contributed by atoms with van der Waals surface area (Å²) in [5.74, 6) is -0.108. The van der Waals surface area contributed by atoms with Crippen molar-refractivity contribution in [2.24, 2.45) is 5.41 Å². The molecular formula is C12H20N2O2. The molecule has 0 aliphatic heterocycles. The van der Waals surface area contributed by atoms with Gasteiger partial charge >= 0.3 is 0 Å². The van der Waals surface area contributed by atoms with E-state index in [1.807, 2.05) is 13.8 Å². The summed E-state index contributed by atoms with van der Waals surface area (Å²) in [5, 5.41) is 12.2. The monoisotopic (exact) mass is 224 g/mol. The van der Waals surface area contributed by atoms with Crippen LogP contribution in [0.3, 0.4) is 0 Å². The molecule has 16 heavy (non-hydrogen) atoms. The Morgan fingerprint density at radius 1 is 1.62 bits per heavy atom. The number of aromatic amines is 1. The molecule has 1 rings (SSSR count). The van der Waals surface area contributed by atoms with Crippen LogP contribution in [0.2, 0.25) is 0 Å². The normalized spacial score (nSPS) is 13.5. The van der Waals surface area contributed by atoms with E-state index in [0.29, 0.717) is 18.7 Å². The lowest BCUT2D eigenvalue weighted by atomic mass is 9.87. The van der Waals surface area contributed by atoms with E-state index in [9.17, 15) is 9.90 Å². The largest absolute Gasteiger partial charge is 0.393 e. The number of hydrogen-bond acceptors (Lipinski definition) is 2. The van der Waals surface area contributed by atoms with E-state index < -0.39 is 0 Å². The van der Waals surface area contributed by atoms with Gasteiger partial charge in [-0.05, 0) is 30.9 Å². The van der Waals surface area contributed by atoms with Crippen LogP contribution in [0.5, 0.6) is 0 Å². The molecule has 1 atom stereocenters. The van der Waals surface area contributed by atoms with Gasteiger partial charge in [0.05, 0.1) is 6.10 Å². The third-order valence-corrected chi connectivity index (χ3v) is 2.42. The Balaban J connectivity index is 2.42. The zero-order valence-corrected chi connectivity index (χ0v) is 10.1. The quantitative estimate of drug-likeness (QED) is 0.710. The first kappa shape index (κ1) is 12.8. The van der Waals surface area contributed by atoms with Crippen LogP contribution >= 0.6 is 0 Å². The number of rotatable bonds is 5. The molecule has 1 amide bonds. The minimum atomic E-state index is -0.350. The molecule has 0 saturated heterocycles. The van der Waals surface area contributed by atoms with Crippen molar-refractivity contribution in [3.8, 4) is 0 Å². The Morgan fingerprint density at radius 3 is 2.81 bits per heavy atom. The standard InChI is InChI=1S/C12H20N2O2/c1-9(15)7-12(2,3)8-14-11(16)10-5-4-6-13-10/h4-6,9,13,15H,7-8H2,1-3H3,(H,14,16). The lowest BCUT2D eigenvalue weighted by molar-refractivity contribution is 0.0898. The molecule has 90 valence electrons. The number of aliphatic hydroxyl groups is 1. The number of aromatic nitrogens is 1. The second kappa shape index (κ2) is 5.16. The van der Waals surface area contributed by atoms with Crippen LogP contribution in [0.4, 0.5) is 0 Å². The van der Waals surface area contributed by atoms with E-state index in [0.717, 1.165) is 0 Å². The van der Waals surface area contributed by atoms with Gasteiger partial charge in [-0.15, -0.1) is 0 Å². The average molecular weight is 224 g/mol. The number of hydrogen-bond donors (Lipinski definition) is 3. The summed E-state index contributed by atoms with van der Waals surface area (Å²) in [7, 11) is 0. The van der Waals surface area contributed by atoms with Gasteiger partial charge in [0.1, 0.15) is 5.69 Å². The van der Waals surface area contributed by atoms with E-state index in [4.69, 9.17) is 0 Å². The molecule has 1 aromatic heterocycles. The van der Waals surface area contributed by atoms with Gasteiger partial charge in [0.2, 0.25) is 0 Å². The summed E-state index contributed by atoms with van der Waals surface area (Å²) >= 11 is 0. The molecule has 4 heteroatoms. The molecule has 0 aliphatic carbocycles. The summed E-state index contributed by atoms with van der Waals surface area (Å²) in [6, 6.07) is 3.52. The molecule has 3 N–H and O–H groups in total. The zero-order valence-electron chi connectivity index (χ0n) is 10.1. The van der Waals surface area contributed by atoms with Gasteiger partial charge in [0, 0.05) is 12.7 Å². The second-order valence-corrected chi connectivity index (χ2v) is 4.98. The van der Waals surface area contributed by atoms with Crippen molar-refractivity contribution in [2.45, 2.75) is 33.3 Å². The second-order valence-electron chi connectivity index (χ2n) is 4.98. The minimum Gasteiger partial charge on any atom is -0.393 e. The van der Waals surface area contributed by atoms with E-state index in [1.54, 1.807) is 25.3 Å². The van der Waals surface area contributed by atoms with Crippen LogP contribution in [-0.4, -0.2) is 28.6 Å². The maximum absolute atomic E-state index is 11.6. The number of aliphatic hydroxyl groups excluding tert-OH is 1. The first-order chi connectivity index (χ1) is 7.41. The Hall–Kier alpha value is -1.29. The Bertz CT molecular complexity index is 329. The van der Waals surface area contributed by atoms with Crippen molar-refractivity contribution in [3.05, 3.63) is 24.0 Å². The fourth-order valence-electron chi connectivity index (χ4n) is 1.76. The van der Waals surface area contributed by atoms with Crippen LogP contribution < -0.4 is 5.32 Å². The maximum atomic E-state index is 11.6. The lowest BCUT2D eigenvalue weighted by Gasteiger charge is -2.26. The van der Waals surface area contributed by atoms with E-state index in [2.05, 4.69) is 10.3 Å². The molecule has 0 aromatic carbocycles. The van der Waals surface area contributed by atoms with Crippen molar-refractivity contribution in [2.75, 3.05) is 6.54 Å². The lowest BCUT2D eigenvalue weighted by Crippen LogP contribution is -2.35. The Kier molecular flexibility index (Phi) is 4.12. The third kappa shape index (κ3) is 4.06. The van der Waals surface area contributed by atoms with Crippen LogP contribution in [-0.2, 0) is 0 Å². The summed E-state index contributed by atoms with van der Waals surface area (Å²) < 4.78 is 0. The molecule has 0 saturated carbocycles. The van der Waals surface area contributed by atoms with E-state index in [1.165, 1.54) is 0 Å². The predicted octanol–water partition coefficient (Wildman–Crippen LogP) is 1.54. The highest BCUT2D eigenvalue weighted by atomic mass is 16.3. The zero-order chi connectivity index (χ0) is 12.2. The van der Waals surface area contributed by atoms with Gasteiger partial charge < -0.3 is 15.4 Å². The van der Waals surface area contributed by atoms with Crippen LogP contribution in [0.25, 0.3) is 0 Å². The molecule has 1 unspecified atom stereocenters. The number of nitrogens with one attached hydrogen (secondary N) is 2. The molecule has 1 aromatic rings. The molecule has 4 nitrogen and oxygen atoms in total. The van der Waals surface area contributed by atoms with E-state index >= 15 is 0 Å². The smallest absolute Gasteiger partial charge is 0.267 e. The van der Waals surface area contributed by atoms with Crippen LogP contribution in [0.1, 0.15) is 37.7 Å². The van der Waals surface area contributed by atoms with Gasteiger partial charge in [-0.25, -0.2) is 0 Å². The molecule has 1 heterocycles. The average Bonchev–Trinajstić information content (AvgIpc) is 2.64. The molecule has 0 bridgehead atoms. The first-order valence-corrected chi connectivity index (χ1v) is 5.50. The topological polar surface area (TPSA) is 65.1 Å². The Morgan fingerprint density at radius 2 is 2.31 bits per heavy atom. The van der Waals surface area contributed by atoms with Gasteiger partial charge in [0.25, 0.3) is 5.91 Å². The minimum absolute atomic E-state index is 0.101. The first-order valence-electron chi connectivity index (χ1n) is 5.50. The van der Waals surface area contributed by atoms with Crippen molar-refractivity contribution in [3.63, 3.8) is 0 Å². The van der Waals surface area contributed by atoms with Gasteiger partial charge in [-0.1, -0.05) is 13.8 Å². The van der Waals surface area contributed by atoms with E-state index in [-0.39, 0.29) is 17.4 Å².